The molecule has 0 spiro atoms. The first-order valence-electron chi connectivity index (χ1n) is 10.3. The minimum absolute atomic E-state index is 0.207. The van der Waals surface area contributed by atoms with Crippen molar-refractivity contribution in [3.05, 3.63) is 101 Å². The quantitative estimate of drug-likeness (QED) is 0.495. The van der Waals surface area contributed by atoms with Crippen LogP contribution in [0.5, 0.6) is 5.75 Å². The van der Waals surface area contributed by atoms with Crippen LogP contribution in [0.3, 0.4) is 0 Å². The van der Waals surface area contributed by atoms with Crippen LogP contribution in [-0.4, -0.2) is 23.5 Å². The maximum absolute atomic E-state index is 5.39. The van der Waals surface area contributed by atoms with Crippen molar-refractivity contribution in [2.45, 2.75) is 25.9 Å². The number of ether oxygens (including phenoxy) is 1. The molecule has 1 atom stereocenters. The van der Waals surface area contributed by atoms with Gasteiger partial charge in [-0.15, -0.1) is 0 Å². The predicted molar refractivity (Wildman–Crippen MR) is 118 cm³/mol. The summed E-state index contributed by atoms with van der Waals surface area (Å²) in [5, 5.41) is 1.36. The molecule has 1 N–H and O–H groups in total. The lowest BCUT2D eigenvalue weighted by atomic mass is 9.92. The van der Waals surface area contributed by atoms with Gasteiger partial charge in [0.15, 0.2) is 0 Å². The van der Waals surface area contributed by atoms with E-state index in [-0.39, 0.29) is 6.04 Å². The van der Waals surface area contributed by atoms with Crippen molar-refractivity contribution in [2.75, 3.05) is 13.7 Å². The molecule has 0 saturated heterocycles. The van der Waals surface area contributed by atoms with Gasteiger partial charge in [0.05, 0.1) is 13.2 Å². The normalized spacial score (nSPS) is 16.7. The zero-order chi connectivity index (χ0) is 19.8. The average Bonchev–Trinajstić information content (AvgIpc) is 3.14. The molecule has 4 aromatic rings. The van der Waals surface area contributed by atoms with E-state index >= 15 is 0 Å². The monoisotopic (exact) mass is 382 g/mol. The molecule has 3 heteroatoms. The van der Waals surface area contributed by atoms with Gasteiger partial charge in [0.2, 0.25) is 0 Å². The van der Waals surface area contributed by atoms with Crippen LogP contribution in [0.25, 0.3) is 10.9 Å². The second kappa shape index (κ2) is 7.41. The molecular formula is C26H26N2O. The van der Waals surface area contributed by atoms with Crippen LogP contribution in [0.2, 0.25) is 0 Å². The van der Waals surface area contributed by atoms with Crippen molar-refractivity contribution >= 4 is 10.9 Å². The Kier molecular flexibility index (Phi) is 4.61. The SMILES string of the molecule is COc1ccc([C@@H]2c3[nH]c4ccccc4c3CCN2Cc2ccc(C)cc2)cc1. The first-order valence-corrected chi connectivity index (χ1v) is 10.3. The molecule has 0 unspecified atom stereocenters. The third-order valence-corrected chi connectivity index (χ3v) is 6.07. The molecule has 146 valence electrons. The molecule has 3 nitrogen and oxygen atoms in total. The fraction of sp³-hybridized carbons (Fsp3) is 0.231. The van der Waals surface area contributed by atoms with Crippen LogP contribution in [0.1, 0.15) is 34.0 Å². The number of aromatic nitrogens is 1. The van der Waals surface area contributed by atoms with E-state index < -0.39 is 0 Å². The number of para-hydroxylation sites is 1. The Bertz CT molecular complexity index is 1130. The van der Waals surface area contributed by atoms with Gasteiger partial charge in [0.25, 0.3) is 0 Å². The van der Waals surface area contributed by atoms with Crippen LogP contribution in [0.15, 0.2) is 72.8 Å². The Hall–Kier alpha value is -3.04. The third-order valence-electron chi connectivity index (χ3n) is 6.07. The Morgan fingerprint density at radius 3 is 2.48 bits per heavy atom. The molecule has 29 heavy (non-hydrogen) atoms. The third kappa shape index (κ3) is 3.32. The summed E-state index contributed by atoms with van der Waals surface area (Å²) in [7, 11) is 1.72. The van der Waals surface area contributed by atoms with E-state index in [2.05, 4.69) is 89.6 Å². The summed E-state index contributed by atoms with van der Waals surface area (Å²) in [5.41, 5.74) is 7.97. The van der Waals surface area contributed by atoms with E-state index in [9.17, 15) is 0 Å². The molecule has 0 radical (unpaired) electrons. The van der Waals surface area contributed by atoms with E-state index in [0.717, 1.165) is 25.3 Å². The number of aromatic amines is 1. The number of aryl methyl sites for hydroxylation is 1. The summed E-state index contributed by atoms with van der Waals surface area (Å²) in [5.74, 6) is 0.895. The summed E-state index contributed by atoms with van der Waals surface area (Å²) in [6.45, 7) is 4.12. The smallest absolute Gasteiger partial charge is 0.118 e. The molecule has 1 aromatic heterocycles. The molecule has 0 amide bonds. The second-order valence-corrected chi connectivity index (χ2v) is 7.94. The number of H-pyrrole nitrogens is 1. The van der Waals surface area contributed by atoms with Gasteiger partial charge in [0, 0.05) is 29.7 Å². The average molecular weight is 383 g/mol. The lowest BCUT2D eigenvalue weighted by Gasteiger charge is -2.36. The highest BCUT2D eigenvalue weighted by Gasteiger charge is 2.31. The number of benzene rings is 3. The van der Waals surface area contributed by atoms with Crippen LogP contribution in [-0.2, 0) is 13.0 Å². The van der Waals surface area contributed by atoms with Gasteiger partial charge in [-0.2, -0.15) is 0 Å². The molecule has 0 bridgehead atoms. The molecule has 2 heterocycles. The molecule has 1 aliphatic rings. The van der Waals surface area contributed by atoms with Gasteiger partial charge >= 0.3 is 0 Å². The zero-order valence-corrected chi connectivity index (χ0v) is 17.0. The molecule has 0 fully saturated rings. The van der Waals surface area contributed by atoms with E-state index in [4.69, 9.17) is 4.74 Å². The standard InChI is InChI=1S/C26H26N2O/c1-18-7-9-19(10-8-18)17-28-16-15-23-22-5-3-4-6-24(22)27-25(23)26(28)20-11-13-21(29-2)14-12-20/h3-14,26-27H,15-17H2,1-2H3/t26-/m1/s1. The Morgan fingerprint density at radius 1 is 0.966 bits per heavy atom. The first kappa shape index (κ1) is 18.0. The summed E-state index contributed by atoms with van der Waals surface area (Å²) in [6, 6.07) is 26.3. The predicted octanol–water partition coefficient (Wildman–Crippen LogP) is 5.63. The molecule has 1 aliphatic heterocycles. The van der Waals surface area contributed by atoms with Crippen molar-refractivity contribution in [3.8, 4) is 5.75 Å². The van der Waals surface area contributed by atoms with E-state index in [0.29, 0.717) is 0 Å². The summed E-state index contributed by atoms with van der Waals surface area (Å²) >= 11 is 0. The number of rotatable bonds is 4. The highest BCUT2D eigenvalue weighted by atomic mass is 16.5. The Balaban J connectivity index is 1.59. The molecule has 3 aromatic carbocycles. The number of methoxy groups -OCH3 is 1. The summed E-state index contributed by atoms with van der Waals surface area (Å²) < 4.78 is 5.39. The maximum Gasteiger partial charge on any atom is 0.118 e. The topological polar surface area (TPSA) is 28.3 Å². The molecule has 5 rings (SSSR count). The minimum Gasteiger partial charge on any atom is -0.497 e. The minimum atomic E-state index is 0.207. The molecular weight excluding hydrogens is 356 g/mol. The zero-order valence-electron chi connectivity index (χ0n) is 17.0. The fourth-order valence-corrected chi connectivity index (χ4v) is 4.55. The van der Waals surface area contributed by atoms with Crippen molar-refractivity contribution in [3.63, 3.8) is 0 Å². The van der Waals surface area contributed by atoms with Crippen LogP contribution >= 0.6 is 0 Å². The maximum atomic E-state index is 5.39. The van der Waals surface area contributed by atoms with Crippen LogP contribution in [0.4, 0.5) is 0 Å². The van der Waals surface area contributed by atoms with E-state index in [1.807, 2.05) is 0 Å². The van der Waals surface area contributed by atoms with Gasteiger partial charge in [-0.05, 0) is 48.2 Å². The van der Waals surface area contributed by atoms with Crippen molar-refractivity contribution in [1.29, 1.82) is 0 Å². The van der Waals surface area contributed by atoms with Crippen molar-refractivity contribution < 1.29 is 4.74 Å². The number of hydrogen-bond acceptors (Lipinski definition) is 2. The fourth-order valence-electron chi connectivity index (χ4n) is 4.55. The van der Waals surface area contributed by atoms with Crippen molar-refractivity contribution in [1.82, 2.24) is 9.88 Å². The van der Waals surface area contributed by atoms with Gasteiger partial charge < -0.3 is 9.72 Å². The first-order chi connectivity index (χ1) is 14.2. The van der Waals surface area contributed by atoms with E-state index in [1.165, 1.54) is 38.9 Å². The number of nitrogens with zero attached hydrogens (tertiary/aromatic N) is 1. The van der Waals surface area contributed by atoms with Crippen molar-refractivity contribution in [2.24, 2.45) is 0 Å². The lowest BCUT2D eigenvalue weighted by Crippen LogP contribution is -2.35. The highest BCUT2D eigenvalue weighted by Crippen LogP contribution is 2.39. The largest absolute Gasteiger partial charge is 0.497 e. The van der Waals surface area contributed by atoms with Gasteiger partial charge in [-0.3, -0.25) is 4.90 Å². The van der Waals surface area contributed by atoms with Crippen LogP contribution in [0, 0.1) is 6.92 Å². The van der Waals surface area contributed by atoms with Gasteiger partial charge in [-0.1, -0.05) is 60.2 Å². The number of fused-ring (bicyclic) bond motifs is 3. The number of nitrogens with one attached hydrogen (secondary N) is 1. The summed E-state index contributed by atoms with van der Waals surface area (Å²) in [4.78, 5) is 6.33. The summed E-state index contributed by atoms with van der Waals surface area (Å²) in [6.07, 6.45) is 1.07. The van der Waals surface area contributed by atoms with Gasteiger partial charge in [-0.25, -0.2) is 0 Å². The Morgan fingerprint density at radius 2 is 1.72 bits per heavy atom. The second-order valence-electron chi connectivity index (χ2n) is 7.94. The molecule has 0 aliphatic carbocycles. The number of hydrogen-bond donors (Lipinski definition) is 1. The highest BCUT2D eigenvalue weighted by molar-refractivity contribution is 5.85. The molecule has 0 saturated carbocycles. The van der Waals surface area contributed by atoms with E-state index in [1.54, 1.807) is 7.11 Å². The lowest BCUT2D eigenvalue weighted by molar-refractivity contribution is 0.202. The van der Waals surface area contributed by atoms with Crippen LogP contribution < -0.4 is 4.74 Å². The Labute approximate surface area is 171 Å². The van der Waals surface area contributed by atoms with Gasteiger partial charge in [0.1, 0.15) is 5.75 Å².